The third-order valence-corrected chi connectivity index (χ3v) is 3.94. The predicted octanol–water partition coefficient (Wildman–Crippen LogP) is 2.96. The third-order valence-electron chi connectivity index (χ3n) is 3.94. The quantitative estimate of drug-likeness (QED) is 0.600. The van der Waals surface area contributed by atoms with Crippen molar-refractivity contribution in [2.75, 3.05) is 13.2 Å². The van der Waals surface area contributed by atoms with E-state index in [4.69, 9.17) is 4.74 Å². The molecule has 0 aliphatic heterocycles. The minimum absolute atomic E-state index is 0.113. The van der Waals surface area contributed by atoms with Crippen LogP contribution in [-0.4, -0.2) is 35.9 Å². The lowest BCUT2D eigenvalue weighted by atomic mass is 9.97. The van der Waals surface area contributed by atoms with Gasteiger partial charge in [-0.2, -0.15) is 0 Å². The van der Waals surface area contributed by atoms with Gasteiger partial charge in [0.25, 0.3) is 0 Å². The maximum atomic E-state index is 11.5. The minimum Gasteiger partial charge on any atom is -0.480 e. The van der Waals surface area contributed by atoms with Crippen molar-refractivity contribution in [1.82, 2.24) is 5.32 Å². The van der Waals surface area contributed by atoms with Crippen molar-refractivity contribution < 1.29 is 14.6 Å². The van der Waals surface area contributed by atoms with E-state index in [9.17, 15) is 9.90 Å². The highest BCUT2D eigenvalue weighted by atomic mass is 16.5. The molecule has 4 heteroatoms. The van der Waals surface area contributed by atoms with Crippen LogP contribution in [0.2, 0.25) is 0 Å². The topological polar surface area (TPSA) is 58.6 Å². The molecule has 112 valence electrons. The Bertz CT molecular complexity index is 270. The lowest BCUT2D eigenvalue weighted by Crippen LogP contribution is -2.50. The molecule has 1 fully saturated rings. The molecular formula is C15H29NO3. The van der Waals surface area contributed by atoms with E-state index < -0.39 is 11.5 Å². The van der Waals surface area contributed by atoms with Gasteiger partial charge in [-0.3, -0.25) is 4.79 Å². The van der Waals surface area contributed by atoms with Gasteiger partial charge in [0.2, 0.25) is 0 Å². The van der Waals surface area contributed by atoms with E-state index in [1.165, 1.54) is 19.3 Å². The van der Waals surface area contributed by atoms with Crippen molar-refractivity contribution in [1.29, 1.82) is 0 Å². The zero-order valence-corrected chi connectivity index (χ0v) is 12.4. The molecule has 0 aromatic carbocycles. The number of carbonyl (C=O) groups is 1. The van der Waals surface area contributed by atoms with Crippen LogP contribution in [0.4, 0.5) is 0 Å². The van der Waals surface area contributed by atoms with Crippen LogP contribution in [0, 0.1) is 0 Å². The highest BCUT2D eigenvalue weighted by Gasteiger charge is 2.45. The molecule has 1 rings (SSSR count). The standard InChI is InChI=1S/C15H29NO3/c1-3-5-6-7-11-19-13-8-9-15(12-13,14(17)18)16-10-4-2/h13,16H,3-12H2,1-2H3,(H,17,18). The van der Waals surface area contributed by atoms with E-state index in [0.717, 1.165) is 32.4 Å². The van der Waals surface area contributed by atoms with Gasteiger partial charge < -0.3 is 15.2 Å². The largest absolute Gasteiger partial charge is 0.480 e. The number of rotatable bonds is 10. The summed E-state index contributed by atoms with van der Waals surface area (Å²) >= 11 is 0. The van der Waals surface area contributed by atoms with Crippen molar-refractivity contribution in [3.05, 3.63) is 0 Å². The van der Waals surface area contributed by atoms with Crippen molar-refractivity contribution in [3.63, 3.8) is 0 Å². The van der Waals surface area contributed by atoms with Crippen molar-refractivity contribution >= 4 is 5.97 Å². The van der Waals surface area contributed by atoms with Gasteiger partial charge in [0, 0.05) is 13.0 Å². The first-order valence-electron chi connectivity index (χ1n) is 7.74. The first-order chi connectivity index (χ1) is 9.14. The third kappa shape index (κ3) is 5.11. The Kier molecular flexibility index (Phi) is 7.39. The smallest absolute Gasteiger partial charge is 0.323 e. The molecule has 1 aliphatic rings. The summed E-state index contributed by atoms with van der Waals surface area (Å²) in [6.45, 7) is 5.78. The fourth-order valence-corrected chi connectivity index (χ4v) is 2.72. The van der Waals surface area contributed by atoms with Gasteiger partial charge in [-0.15, -0.1) is 0 Å². The number of hydrogen-bond acceptors (Lipinski definition) is 3. The number of carboxylic acid groups (broad SMARTS) is 1. The highest BCUT2D eigenvalue weighted by molar-refractivity contribution is 5.79. The Morgan fingerprint density at radius 2 is 2.11 bits per heavy atom. The highest BCUT2D eigenvalue weighted by Crippen LogP contribution is 2.32. The average Bonchev–Trinajstić information content (AvgIpc) is 2.81. The number of nitrogens with one attached hydrogen (secondary N) is 1. The summed E-state index contributed by atoms with van der Waals surface area (Å²) in [5.41, 5.74) is -0.746. The molecule has 0 saturated heterocycles. The lowest BCUT2D eigenvalue weighted by molar-refractivity contribution is -0.145. The van der Waals surface area contributed by atoms with Crippen LogP contribution in [0.15, 0.2) is 0 Å². The molecular weight excluding hydrogens is 242 g/mol. The van der Waals surface area contributed by atoms with Crippen LogP contribution < -0.4 is 5.32 Å². The van der Waals surface area contributed by atoms with E-state index in [2.05, 4.69) is 19.2 Å². The van der Waals surface area contributed by atoms with Crippen LogP contribution >= 0.6 is 0 Å². The molecule has 1 aliphatic carbocycles. The van der Waals surface area contributed by atoms with Crippen molar-refractivity contribution in [2.45, 2.75) is 76.9 Å². The van der Waals surface area contributed by atoms with Crippen LogP contribution in [0.1, 0.15) is 65.2 Å². The van der Waals surface area contributed by atoms with Crippen LogP contribution in [0.3, 0.4) is 0 Å². The maximum absolute atomic E-state index is 11.5. The summed E-state index contributed by atoms with van der Waals surface area (Å²) in [7, 11) is 0. The van der Waals surface area contributed by atoms with Crippen molar-refractivity contribution in [3.8, 4) is 0 Å². The molecule has 2 atom stereocenters. The van der Waals surface area contributed by atoms with Gasteiger partial charge in [-0.25, -0.2) is 0 Å². The molecule has 0 spiro atoms. The first-order valence-corrected chi connectivity index (χ1v) is 7.74. The predicted molar refractivity (Wildman–Crippen MR) is 76.4 cm³/mol. The monoisotopic (exact) mass is 271 g/mol. The molecule has 0 radical (unpaired) electrons. The van der Waals surface area contributed by atoms with Gasteiger partial charge in [0.05, 0.1) is 6.10 Å². The average molecular weight is 271 g/mol. The minimum atomic E-state index is -0.746. The summed E-state index contributed by atoms with van der Waals surface area (Å²) in [4.78, 5) is 11.5. The van der Waals surface area contributed by atoms with Gasteiger partial charge in [-0.05, 0) is 32.2 Å². The molecule has 0 aromatic heterocycles. The molecule has 19 heavy (non-hydrogen) atoms. The van der Waals surface area contributed by atoms with E-state index in [1.807, 2.05) is 0 Å². The van der Waals surface area contributed by atoms with E-state index in [1.54, 1.807) is 0 Å². The molecule has 0 heterocycles. The number of aliphatic carboxylic acids is 1. The zero-order valence-electron chi connectivity index (χ0n) is 12.4. The Balaban J connectivity index is 2.30. The fourth-order valence-electron chi connectivity index (χ4n) is 2.72. The first kappa shape index (κ1) is 16.4. The summed E-state index contributed by atoms with van der Waals surface area (Å²) < 4.78 is 5.83. The molecule has 0 aromatic rings. The molecule has 0 bridgehead atoms. The lowest BCUT2D eigenvalue weighted by Gasteiger charge is -2.25. The second-order valence-corrected chi connectivity index (χ2v) is 5.61. The van der Waals surface area contributed by atoms with Crippen molar-refractivity contribution in [2.24, 2.45) is 0 Å². The second-order valence-electron chi connectivity index (χ2n) is 5.61. The van der Waals surface area contributed by atoms with E-state index in [-0.39, 0.29) is 6.10 Å². The number of unbranched alkanes of at least 4 members (excludes halogenated alkanes) is 3. The summed E-state index contributed by atoms with van der Waals surface area (Å²) in [5, 5.41) is 12.6. The van der Waals surface area contributed by atoms with Gasteiger partial charge in [0.15, 0.2) is 0 Å². The molecule has 2 unspecified atom stereocenters. The summed E-state index contributed by atoms with van der Waals surface area (Å²) in [6.07, 6.45) is 8.00. The number of ether oxygens (including phenoxy) is 1. The zero-order chi connectivity index (χ0) is 14.1. The van der Waals surface area contributed by atoms with Gasteiger partial charge in [0.1, 0.15) is 5.54 Å². The number of carboxylic acids is 1. The maximum Gasteiger partial charge on any atom is 0.323 e. The van der Waals surface area contributed by atoms with Crippen LogP contribution in [-0.2, 0) is 9.53 Å². The Hall–Kier alpha value is -0.610. The fraction of sp³-hybridized carbons (Fsp3) is 0.933. The molecule has 0 amide bonds. The van der Waals surface area contributed by atoms with E-state index in [0.29, 0.717) is 12.8 Å². The molecule has 4 nitrogen and oxygen atoms in total. The van der Waals surface area contributed by atoms with Crippen LogP contribution in [0.25, 0.3) is 0 Å². The normalized spacial score (nSPS) is 26.7. The van der Waals surface area contributed by atoms with Gasteiger partial charge in [-0.1, -0.05) is 33.1 Å². The van der Waals surface area contributed by atoms with Gasteiger partial charge >= 0.3 is 5.97 Å². The van der Waals surface area contributed by atoms with Crippen LogP contribution in [0.5, 0.6) is 0 Å². The summed E-state index contributed by atoms with van der Waals surface area (Å²) in [5.74, 6) is -0.724. The molecule has 1 saturated carbocycles. The Labute approximate surface area is 116 Å². The Morgan fingerprint density at radius 3 is 2.74 bits per heavy atom. The number of hydrogen-bond donors (Lipinski definition) is 2. The SMILES string of the molecule is CCCCCCOC1CCC(NCCC)(C(=O)O)C1. The second kappa shape index (κ2) is 8.54. The molecule has 2 N–H and O–H groups in total. The summed E-state index contributed by atoms with van der Waals surface area (Å²) in [6, 6.07) is 0. The Morgan fingerprint density at radius 1 is 1.32 bits per heavy atom. The van der Waals surface area contributed by atoms with E-state index >= 15 is 0 Å².